The second kappa shape index (κ2) is 11.5. The fourth-order valence-corrected chi connectivity index (χ4v) is 6.42. The lowest BCUT2D eigenvalue weighted by Crippen LogP contribution is -2.15. The highest BCUT2D eigenvalue weighted by Gasteiger charge is 2.22. The van der Waals surface area contributed by atoms with Gasteiger partial charge in [-0.1, -0.05) is 121 Å². The summed E-state index contributed by atoms with van der Waals surface area (Å²) in [5.41, 5.74) is 12.9. The Balaban J connectivity index is 1.45. The molecule has 0 N–H and O–H groups in total. The molecule has 1 heteroatoms. The van der Waals surface area contributed by atoms with Crippen LogP contribution < -0.4 is 4.90 Å². The van der Waals surface area contributed by atoms with Crippen molar-refractivity contribution in [3.8, 4) is 0 Å². The van der Waals surface area contributed by atoms with Gasteiger partial charge in [0.25, 0.3) is 0 Å². The van der Waals surface area contributed by atoms with E-state index in [4.69, 9.17) is 0 Å². The molecule has 0 aromatic heterocycles. The van der Waals surface area contributed by atoms with Gasteiger partial charge >= 0.3 is 0 Å². The van der Waals surface area contributed by atoms with Crippen LogP contribution in [-0.2, 0) is 12.8 Å². The molecule has 0 aliphatic heterocycles. The number of rotatable bonds is 6. The largest absolute Gasteiger partial charge is 0.310 e. The predicted octanol–water partition coefficient (Wildman–Crippen LogP) is 11.1. The van der Waals surface area contributed by atoms with E-state index in [0.29, 0.717) is 0 Å². The summed E-state index contributed by atoms with van der Waals surface area (Å²) in [7, 11) is 0. The van der Waals surface area contributed by atoms with Crippen LogP contribution in [0.25, 0.3) is 22.4 Å². The molecule has 204 valence electrons. The number of hydrogen-bond donors (Lipinski definition) is 0. The van der Waals surface area contributed by atoms with Crippen molar-refractivity contribution in [1.29, 1.82) is 0 Å². The first-order chi connectivity index (χ1) is 20.8. The minimum Gasteiger partial charge on any atom is -0.310 e. The van der Waals surface area contributed by atoms with Crippen molar-refractivity contribution in [2.45, 2.75) is 32.6 Å². The van der Waals surface area contributed by atoms with Crippen molar-refractivity contribution in [2.24, 2.45) is 0 Å². The van der Waals surface area contributed by atoms with E-state index in [0.717, 1.165) is 12.8 Å². The fourth-order valence-electron chi connectivity index (χ4n) is 6.42. The summed E-state index contributed by atoms with van der Waals surface area (Å²) < 4.78 is 0. The highest BCUT2D eigenvalue weighted by Crippen LogP contribution is 2.43. The molecule has 0 saturated carbocycles. The maximum absolute atomic E-state index is 2.49. The molecule has 0 atom stereocenters. The predicted molar refractivity (Wildman–Crippen MR) is 180 cm³/mol. The molecule has 0 amide bonds. The molecule has 0 unspecified atom stereocenters. The second-order valence-electron chi connectivity index (χ2n) is 11.3. The van der Waals surface area contributed by atoms with Crippen molar-refractivity contribution in [2.75, 3.05) is 4.90 Å². The van der Waals surface area contributed by atoms with Crippen LogP contribution in [-0.4, -0.2) is 0 Å². The van der Waals surface area contributed by atoms with Crippen LogP contribution in [0.3, 0.4) is 0 Å². The molecule has 0 radical (unpaired) electrons. The zero-order valence-electron chi connectivity index (χ0n) is 24.1. The van der Waals surface area contributed by atoms with E-state index in [1.807, 2.05) is 0 Å². The van der Waals surface area contributed by atoms with E-state index in [9.17, 15) is 0 Å². The van der Waals surface area contributed by atoms with Crippen LogP contribution in [0.1, 0.15) is 46.2 Å². The Bertz CT molecular complexity index is 1820. The number of anilines is 3. The van der Waals surface area contributed by atoms with E-state index in [1.54, 1.807) is 0 Å². The van der Waals surface area contributed by atoms with Crippen molar-refractivity contribution in [3.63, 3.8) is 0 Å². The van der Waals surface area contributed by atoms with E-state index >= 15 is 0 Å². The first kappa shape index (κ1) is 26.0. The van der Waals surface area contributed by atoms with E-state index in [1.165, 1.54) is 79.6 Å². The first-order valence-corrected chi connectivity index (χ1v) is 15.1. The minimum absolute atomic E-state index is 1.13. The maximum atomic E-state index is 2.49. The van der Waals surface area contributed by atoms with Crippen LogP contribution >= 0.6 is 0 Å². The lowest BCUT2D eigenvalue weighted by molar-refractivity contribution is 0.686. The van der Waals surface area contributed by atoms with Gasteiger partial charge in [0, 0.05) is 16.8 Å². The Labute approximate surface area is 249 Å². The number of benzene rings is 6. The van der Waals surface area contributed by atoms with Crippen molar-refractivity contribution in [3.05, 3.63) is 173 Å². The molecule has 1 aliphatic rings. The summed E-state index contributed by atoms with van der Waals surface area (Å²) in [5.74, 6) is 0. The lowest BCUT2D eigenvalue weighted by atomic mass is 9.89. The van der Waals surface area contributed by atoms with Gasteiger partial charge in [-0.3, -0.25) is 0 Å². The molecule has 1 nitrogen and oxygen atoms in total. The SMILES string of the molecule is Cc1ccc(N(c2cccc3c2CCCC3)c2ccc(C=C(c3ccccc3)c3ccccc3)c3ccccc23)cc1. The number of hydrogen-bond acceptors (Lipinski definition) is 1. The van der Waals surface area contributed by atoms with E-state index < -0.39 is 0 Å². The Morgan fingerprint density at radius 3 is 1.90 bits per heavy atom. The molecule has 0 fully saturated rings. The van der Waals surface area contributed by atoms with Crippen LogP contribution in [0.4, 0.5) is 17.1 Å². The summed E-state index contributed by atoms with van der Waals surface area (Å²) in [6.45, 7) is 2.16. The van der Waals surface area contributed by atoms with Gasteiger partial charge in [0.2, 0.25) is 0 Å². The molecular formula is C41H35N. The Morgan fingerprint density at radius 2 is 1.19 bits per heavy atom. The normalized spacial score (nSPS) is 12.5. The monoisotopic (exact) mass is 541 g/mol. The van der Waals surface area contributed by atoms with Crippen molar-refractivity contribution < 1.29 is 0 Å². The quantitative estimate of drug-likeness (QED) is 0.190. The summed E-state index contributed by atoms with van der Waals surface area (Å²) in [6.07, 6.45) is 7.17. The molecule has 42 heavy (non-hydrogen) atoms. The molecule has 7 rings (SSSR count). The molecule has 0 heterocycles. The summed E-state index contributed by atoms with van der Waals surface area (Å²) in [4.78, 5) is 2.49. The average Bonchev–Trinajstić information content (AvgIpc) is 3.06. The van der Waals surface area contributed by atoms with Gasteiger partial charge in [0.05, 0.1) is 5.69 Å². The van der Waals surface area contributed by atoms with Gasteiger partial charge in [-0.15, -0.1) is 0 Å². The molecule has 0 bridgehead atoms. The third-order valence-electron chi connectivity index (χ3n) is 8.55. The third kappa shape index (κ3) is 5.03. The highest BCUT2D eigenvalue weighted by atomic mass is 15.1. The number of aryl methyl sites for hydroxylation is 2. The van der Waals surface area contributed by atoms with E-state index in [-0.39, 0.29) is 0 Å². The third-order valence-corrected chi connectivity index (χ3v) is 8.55. The maximum Gasteiger partial charge on any atom is 0.0540 e. The second-order valence-corrected chi connectivity index (χ2v) is 11.3. The van der Waals surface area contributed by atoms with Gasteiger partial charge in [0.1, 0.15) is 0 Å². The topological polar surface area (TPSA) is 3.24 Å². The molecule has 0 saturated heterocycles. The molecule has 1 aliphatic carbocycles. The number of fused-ring (bicyclic) bond motifs is 2. The van der Waals surface area contributed by atoms with Crippen molar-refractivity contribution >= 4 is 39.5 Å². The zero-order valence-corrected chi connectivity index (χ0v) is 24.1. The van der Waals surface area contributed by atoms with E-state index in [2.05, 4.69) is 157 Å². The standard InChI is InChI=1S/C41H35N/c1-30-23-26-35(27-24-30)42(40-22-12-18-31-17-8-9-20-37(31)40)41-28-25-34(36-19-10-11-21-38(36)41)29-39(32-13-4-2-5-14-32)33-15-6-3-7-16-33/h2-7,10-16,18-19,21-29H,8-9,17,20H2,1H3. The Hall–Kier alpha value is -4.88. The van der Waals surface area contributed by atoms with Crippen LogP contribution in [0, 0.1) is 6.92 Å². The van der Waals surface area contributed by atoms with Gasteiger partial charge < -0.3 is 4.90 Å². The molecule has 6 aromatic rings. The van der Waals surface area contributed by atoms with Crippen LogP contribution in [0.5, 0.6) is 0 Å². The minimum atomic E-state index is 1.13. The smallest absolute Gasteiger partial charge is 0.0540 e. The van der Waals surface area contributed by atoms with Gasteiger partial charge in [-0.05, 0) is 102 Å². The Kier molecular flexibility index (Phi) is 7.16. The summed E-state index contributed by atoms with van der Waals surface area (Å²) in [6, 6.07) is 50.8. The molecular weight excluding hydrogens is 506 g/mol. The van der Waals surface area contributed by atoms with Gasteiger partial charge in [0.15, 0.2) is 0 Å². The lowest BCUT2D eigenvalue weighted by Gasteiger charge is -2.31. The van der Waals surface area contributed by atoms with Crippen LogP contribution in [0.2, 0.25) is 0 Å². The molecule has 0 spiro atoms. The first-order valence-electron chi connectivity index (χ1n) is 15.1. The number of nitrogens with zero attached hydrogens (tertiary/aromatic N) is 1. The fraction of sp³-hybridized carbons (Fsp3) is 0.122. The summed E-state index contributed by atoms with van der Waals surface area (Å²) in [5, 5.41) is 2.50. The Morgan fingerprint density at radius 1 is 0.548 bits per heavy atom. The van der Waals surface area contributed by atoms with Gasteiger partial charge in [-0.2, -0.15) is 0 Å². The zero-order chi connectivity index (χ0) is 28.3. The summed E-state index contributed by atoms with van der Waals surface area (Å²) >= 11 is 0. The van der Waals surface area contributed by atoms with Crippen LogP contribution in [0.15, 0.2) is 140 Å². The highest BCUT2D eigenvalue weighted by molar-refractivity contribution is 6.06. The van der Waals surface area contributed by atoms with Crippen molar-refractivity contribution in [1.82, 2.24) is 0 Å². The average molecular weight is 542 g/mol. The molecule has 6 aromatic carbocycles. The van der Waals surface area contributed by atoms with Gasteiger partial charge in [-0.25, -0.2) is 0 Å².